The van der Waals surface area contributed by atoms with Crippen molar-refractivity contribution in [2.45, 2.75) is 5.41 Å². The van der Waals surface area contributed by atoms with E-state index in [1.54, 1.807) is 0 Å². The Labute approximate surface area is 226 Å². The van der Waals surface area contributed by atoms with Crippen molar-refractivity contribution in [1.82, 2.24) is 4.57 Å². The fraction of sp³-hybridized carbons (Fsp3) is 0.0270. The van der Waals surface area contributed by atoms with Gasteiger partial charge in [-0.1, -0.05) is 103 Å². The van der Waals surface area contributed by atoms with E-state index >= 15 is 0 Å². The van der Waals surface area contributed by atoms with Crippen LogP contribution in [0.3, 0.4) is 0 Å². The van der Waals surface area contributed by atoms with E-state index in [9.17, 15) is 0 Å². The van der Waals surface area contributed by atoms with E-state index in [1.165, 1.54) is 55.2 Å². The molecule has 2 heteroatoms. The summed E-state index contributed by atoms with van der Waals surface area (Å²) in [6.45, 7) is 0. The van der Waals surface area contributed by atoms with Gasteiger partial charge in [-0.3, -0.25) is 0 Å². The van der Waals surface area contributed by atoms with E-state index < -0.39 is 5.41 Å². The maximum Gasteiger partial charge on any atom is 0.132 e. The highest BCUT2D eigenvalue weighted by atomic mass is 16.5. The SMILES string of the molecule is c1ccc2c(c1)Oc1cccc3c1C2(c1ccc(-n2c4ccccc4c4ccccc42)cc1)c1ccccc1-3. The molecule has 1 aliphatic heterocycles. The summed E-state index contributed by atoms with van der Waals surface area (Å²) in [5, 5.41) is 2.55. The molecule has 6 aromatic carbocycles. The van der Waals surface area contributed by atoms with Crippen LogP contribution in [0.2, 0.25) is 0 Å². The predicted octanol–water partition coefficient (Wildman–Crippen LogP) is 9.25. The van der Waals surface area contributed by atoms with Gasteiger partial charge in [0.15, 0.2) is 0 Å². The summed E-state index contributed by atoms with van der Waals surface area (Å²) in [5.74, 6) is 1.86. The van der Waals surface area contributed by atoms with E-state index in [0.29, 0.717) is 0 Å². The Bertz CT molecular complexity index is 2050. The molecule has 9 rings (SSSR count). The normalized spacial score (nSPS) is 16.5. The van der Waals surface area contributed by atoms with Crippen molar-refractivity contribution in [3.05, 3.63) is 162 Å². The van der Waals surface area contributed by atoms with Crippen molar-refractivity contribution in [2.24, 2.45) is 0 Å². The largest absolute Gasteiger partial charge is 0.457 e. The molecule has 1 aromatic heterocycles. The highest BCUT2D eigenvalue weighted by Crippen LogP contribution is 2.63. The van der Waals surface area contributed by atoms with Gasteiger partial charge in [0.1, 0.15) is 11.5 Å². The van der Waals surface area contributed by atoms with Gasteiger partial charge in [0.05, 0.1) is 16.4 Å². The summed E-state index contributed by atoms with van der Waals surface area (Å²) >= 11 is 0. The molecule has 0 bridgehead atoms. The van der Waals surface area contributed by atoms with Crippen LogP contribution in [0.5, 0.6) is 11.5 Å². The smallest absolute Gasteiger partial charge is 0.132 e. The van der Waals surface area contributed by atoms with Crippen LogP contribution in [0.15, 0.2) is 140 Å². The van der Waals surface area contributed by atoms with E-state index in [2.05, 4.69) is 144 Å². The number of ether oxygens (including phenoxy) is 1. The molecular weight excluding hydrogens is 474 g/mol. The standard InChI is InChI=1S/C37H23NO/c1-4-14-30-26(10-1)29-13-9-19-35-36(29)37(30,31-15-5-8-18-34(31)39-35)24-20-22-25(23-21-24)38-32-16-6-2-11-27(32)28-12-3-7-17-33(28)38/h1-23H. The Kier molecular flexibility index (Phi) is 4.02. The molecule has 0 fully saturated rings. The van der Waals surface area contributed by atoms with Gasteiger partial charge in [0.2, 0.25) is 0 Å². The van der Waals surface area contributed by atoms with E-state index in [0.717, 1.165) is 17.2 Å². The minimum atomic E-state index is -0.434. The highest BCUT2D eigenvalue weighted by Gasteiger charge is 2.51. The van der Waals surface area contributed by atoms with Gasteiger partial charge in [-0.15, -0.1) is 0 Å². The van der Waals surface area contributed by atoms with Crippen molar-refractivity contribution in [1.29, 1.82) is 0 Å². The zero-order valence-electron chi connectivity index (χ0n) is 21.1. The highest BCUT2D eigenvalue weighted by molar-refractivity contribution is 6.09. The minimum Gasteiger partial charge on any atom is -0.457 e. The Morgan fingerprint density at radius 3 is 1.82 bits per heavy atom. The van der Waals surface area contributed by atoms with E-state index in [-0.39, 0.29) is 0 Å². The molecule has 7 aromatic rings. The van der Waals surface area contributed by atoms with Crippen LogP contribution < -0.4 is 4.74 Å². The summed E-state index contributed by atoms with van der Waals surface area (Å²) in [6.07, 6.45) is 0. The molecule has 1 atom stereocenters. The third-order valence-electron chi connectivity index (χ3n) is 8.67. The molecule has 0 amide bonds. The van der Waals surface area contributed by atoms with E-state index in [1.807, 2.05) is 0 Å². The van der Waals surface area contributed by atoms with Gasteiger partial charge >= 0.3 is 0 Å². The molecule has 39 heavy (non-hydrogen) atoms. The zero-order chi connectivity index (χ0) is 25.6. The second-order valence-electron chi connectivity index (χ2n) is 10.5. The Balaban J connectivity index is 1.34. The number of hydrogen-bond acceptors (Lipinski definition) is 1. The number of aromatic nitrogens is 1. The number of rotatable bonds is 2. The van der Waals surface area contributed by atoms with Gasteiger partial charge in [-0.05, 0) is 58.7 Å². The zero-order valence-corrected chi connectivity index (χ0v) is 21.1. The van der Waals surface area contributed by atoms with Crippen molar-refractivity contribution in [2.75, 3.05) is 0 Å². The first-order valence-corrected chi connectivity index (χ1v) is 13.5. The van der Waals surface area contributed by atoms with Crippen molar-refractivity contribution >= 4 is 21.8 Å². The van der Waals surface area contributed by atoms with Crippen molar-refractivity contribution in [3.63, 3.8) is 0 Å². The Hall–Kier alpha value is -5.08. The summed E-state index contributed by atoms with van der Waals surface area (Å²) in [5.41, 5.74) is 10.7. The molecule has 2 heterocycles. The molecule has 1 aliphatic carbocycles. The minimum absolute atomic E-state index is 0.434. The van der Waals surface area contributed by atoms with Crippen LogP contribution in [0, 0.1) is 0 Å². The lowest BCUT2D eigenvalue weighted by Gasteiger charge is -2.39. The molecular formula is C37H23NO. The number of hydrogen-bond donors (Lipinski definition) is 0. The lowest BCUT2D eigenvalue weighted by atomic mass is 9.66. The van der Waals surface area contributed by atoms with Gasteiger partial charge in [-0.2, -0.15) is 0 Å². The lowest BCUT2D eigenvalue weighted by Crippen LogP contribution is -2.31. The molecule has 0 spiro atoms. The maximum atomic E-state index is 6.52. The summed E-state index contributed by atoms with van der Waals surface area (Å²) in [7, 11) is 0. The topological polar surface area (TPSA) is 14.2 Å². The number of fused-ring (bicyclic) bond motifs is 8. The molecule has 182 valence electrons. The number of nitrogens with zero attached hydrogens (tertiary/aromatic N) is 1. The van der Waals surface area contributed by atoms with E-state index in [4.69, 9.17) is 4.74 Å². The Morgan fingerprint density at radius 2 is 1.05 bits per heavy atom. The van der Waals surface area contributed by atoms with Crippen LogP contribution in [-0.2, 0) is 5.41 Å². The fourth-order valence-corrected chi connectivity index (χ4v) is 7.19. The van der Waals surface area contributed by atoms with Crippen LogP contribution in [0.4, 0.5) is 0 Å². The second-order valence-corrected chi connectivity index (χ2v) is 10.5. The average molecular weight is 498 g/mol. The fourth-order valence-electron chi connectivity index (χ4n) is 7.19. The number of para-hydroxylation sites is 3. The van der Waals surface area contributed by atoms with Crippen molar-refractivity contribution in [3.8, 4) is 28.3 Å². The van der Waals surface area contributed by atoms with Gasteiger partial charge in [0.25, 0.3) is 0 Å². The summed E-state index contributed by atoms with van der Waals surface area (Å²) < 4.78 is 8.90. The first kappa shape index (κ1) is 20.9. The third kappa shape index (κ3) is 2.56. The monoisotopic (exact) mass is 497 g/mol. The van der Waals surface area contributed by atoms with Crippen LogP contribution in [0.1, 0.15) is 22.3 Å². The molecule has 0 saturated heterocycles. The second kappa shape index (κ2) is 7.49. The quantitative estimate of drug-likeness (QED) is 0.232. The Morgan fingerprint density at radius 1 is 0.462 bits per heavy atom. The molecule has 1 unspecified atom stereocenters. The molecule has 0 N–H and O–H groups in total. The van der Waals surface area contributed by atoms with Gasteiger partial charge in [-0.25, -0.2) is 0 Å². The predicted molar refractivity (Wildman–Crippen MR) is 158 cm³/mol. The van der Waals surface area contributed by atoms with Gasteiger partial charge in [0, 0.05) is 27.6 Å². The first-order valence-electron chi connectivity index (χ1n) is 13.5. The lowest BCUT2D eigenvalue weighted by molar-refractivity contribution is 0.438. The van der Waals surface area contributed by atoms with Crippen LogP contribution in [0.25, 0.3) is 38.6 Å². The van der Waals surface area contributed by atoms with Crippen LogP contribution >= 0.6 is 0 Å². The van der Waals surface area contributed by atoms with Crippen molar-refractivity contribution < 1.29 is 4.74 Å². The van der Waals surface area contributed by atoms with Gasteiger partial charge < -0.3 is 9.30 Å². The molecule has 0 radical (unpaired) electrons. The summed E-state index contributed by atoms with van der Waals surface area (Å²) in [4.78, 5) is 0. The third-order valence-corrected chi connectivity index (χ3v) is 8.67. The average Bonchev–Trinajstić information content (AvgIpc) is 3.50. The number of benzene rings is 6. The molecule has 2 aliphatic rings. The molecule has 2 nitrogen and oxygen atoms in total. The summed E-state index contributed by atoms with van der Waals surface area (Å²) in [6, 6.07) is 50.4. The maximum absolute atomic E-state index is 6.52. The molecule has 0 saturated carbocycles. The van der Waals surface area contributed by atoms with Crippen LogP contribution in [-0.4, -0.2) is 4.57 Å². The first-order chi connectivity index (χ1) is 19.4.